The van der Waals surface area contributed by atoms with Gasteiger partial charge in [-0.2, -0.15) is 0 Å². The topological polar surface area (TPSA) is 63.6 Å². The summed E-state index contributed by atoms with van der Waals surface area (Å²) in [5, 5.41) is 9.65. The van der Waals surface area contributed by atoms with E-state index in [-0.39, 0.29) is 12.4 Å². The molecular formula is C23H24O4. The first-order chi connectivity index (χ1) is 12.9. The summed E-state index contributed by atoms with van der Waals surface area (Å²) in [4.78, 5) is 23.1. The van der Waals surface area contributed by atoms with E-state index in [2.05, 4.69) is 16.6 Å². The first-order valence-electron chi connectivity index (χ1n) is 8.90. The van der Waals surface area contributed by atoms with Crippen LogP contribution in [0, 0.1) is 11.8 Å². The van der Waals surface area contributed by atoms with Crippen LogP contribution in [0.4, 0.5) is 0 Å². The van der Waals surface area contributed by atoms with Gasteiger partial charge in [0.25, 0.3) is 0 Å². The number of carbonyl (C=O) groups excluding carboxylic acids is 1. The van der Waals surface area contributed by atoms with Gasteiger partial charge < -0.3 is 9.84 Å². The summed E-state index contributed by atoms with van der Waals surface area (Å²) in [5.41, 5.74) is 2.31. The van der Waals surface area contributed by atoms with Crippen LogP contribution in [0.3, 0.4) is 0 Å². The molecule has 4 heteroatoms. The standard InChI is InChI=1S/C23H24O4/c1-4-14-23(2,22(25)26)20-7-5-6-18(15-20)11-8-17-9-12-19(13-10-17)16-21(24)27-3/h5-7,9-10,12-13,15H,4,14,16H2,1-3H3,(H,25,26). The predicted molar refractivity (Wildman–Crippen MR) is 104 cm³/mol. The van der Waals surface area contributed by atoms with Crippen molar-refractivity contribution in [2.45, 2.75) is 38.5 Å². The van der Waals surface area contributed by atoms with Crippen LogP contribution >= 0.6 is 0 Å². The summed E-state index contributed by atoms with van der Waals surface area (Å²) in [6, 6.07) is 14.8. The molecule has 2 rings (SSSR count). The minimum atomic E-state index is -0.915. The molecule has 1 unspecified atom stereocenters. The number of carboxylic acids is 1. The van der Waals surface area contributed by atoms with Crippen molar-refractivity contribution in [3.05, 3.63) is 70.8 Å². The average molecular weight is 364 g/mol. The van der Waals surface area contributed by atoms with Crippen molar-refractivity contribution in [2.24, 2.45) is 0 Å². The van der Waals surface area contributed by atoms with Crippen molar-refractivity contribution in [2.75, 3.05) is 7.11 Å². The molecule has 0 aliphatic rings. The zero-order valence-corrected chi connectivity index (χ0v) is 15.9. The van der Waals surface area contributed by atoms with Gasteiger partial charge in [-0.3, -0.25) is 9.59 Å². The van der Waals surface area contributed by atoms with Crippen LogP contribution in [-0.2, 0) is 26.2 Å². The maximum Gasteiger partial charge on any atom is 0.313 e. The molecule has 0 amide bonds. The SMILES string of the molecule is CCCC(C)(C(=O)O)c1cccc(C#Cc2ccc(CC(=O)OC)cc2)c1. The molecular weight excluding hydrogens is 340 g/mol. The van der Waals surface area contributed by atoms with Gasteiger partial charge in [0.1, 0.15) is 0 Å². The lowest BCUT2D eigenvalue weighted by Crippen LogP contribution is -2.32. The van der Waals surface area contributed by atoms with Crippen molar-refractivity contribution in [1.82, 2.24) is 0 Å². The smallest absolute Gasteiger partial charge is 0.313 e. The molecule has 0 bridgehead atoms. The number of esters is 1. The number of hydrogen-bond acceptors (Lipinski definition) is 3. The van der Waals surface area contributed by atoms with Crippen molar-refractivity contribution >= 4 is 11.9 Å². The summed E-state index contributed by atoms with van der Waals surface area (Å²) in [6.07, 6.45) is 1.59. The Balaban J connectivity index is 2.22. The minimum absolute atomic E-state index is 0.234. The highest BCUT2D eigenvalue weighted by Crippen LogP contribution is 2.30. The fraction of sp³-hybridized carbons (Fsp3) is 0.304. The first-order valence-corrected chi connectivity index (χ1v) is 8.90. The van der Waals surface area contributed by atoms with Gasteiger partial charge in [-0.15, -0.1) is 0 Å². The van der Waals surface area contributed by atoms with Crippen molar-refractivity contribution in [1.29, 1.82) is 0 Å². The van der Waals surface area contributed by atoms with Crippen LogP contribution in [-0.4, -0.2) is 24.2 Å². The number of methoxy groups -OCH3 is 1. The molecule has 1 N–H and O–H groups in total. The molecule has 4 nitrogen and oxygen atoms in total. The first kappa shape index (κ1) is 20.3. The predicted octanol–water partition coefficient (Wildman–Crippen LogP) is 3.94. The number of carboxylic acid groups (broad SMARTS) is 1. The highest BCUT2D eigenvalue weighted by Gasteiger charge is 2.34. The molecule has 140 valence electrons. The number of rotatable bonds is 6. The number of hydrogen-bond donors (Lipinski definition) is 1. The molecule has 1 atom stereocenters. The van der Waals surface area contributed by atoms with Crippen molar-refractivity contribution < 1.29 is 19.4 Å². The maximum atomic E-state index is 11.8. The van der Waals surface area contributed by atoms with Gasteiger partial charge in [-0.1, -0.05) is 49.5 Å². The second-order valence-corrected chi connectivity index (χ2v) is 6.67. The van der Waals surface area contributed by atoms with E-state index in [0.29, 0.717) is 6.42 Å². The summed E-state index contributed by atoms with van der Waals surface area (Å²) < 4.78 is 4.65. The molecule has 0 spiro atoms. The van der Waals surface area contributed by atoms with Crippen LogP contribution in [0.2, 0.25) is 0 Å². The molecule has 0 saturated carbocycles. The van der Waals surface area contributed by atoms with E-state index >= 15 is 0 Å². The number of benzene rings is 2. The van der Waals surface area contributed by atoms with Crippen LogP contribution in [0.5, 0.6) is 0 Å². The van der Waals surface area contributed by atoms with E-state index in [1.54, 1.807) is 6.92 Å². The van der Waals surface area contributed by atoms with E-state index in [4.69, 9.17) is 0 Å². The fourth-order valence-corrected chi connectivity index (χ4v) is 2.90. The fourth-order valence-electron chi connectivity index (χ4n) is 2.90. The maximum absolute atomic E-state index is 11.8. The molecule has 0 aromatic heterocycles. The molecule has 27 heavy (non-hydrogen) atoms. The Bertz CT molecular complexity index is 871. The minimum Gasteiger partial charge on any atom is -0.481 e. The highest BCUT2D eigenvalue weighted by molar-refractivity contribution is 5.81. The summed E-state index contributed by atoms with van der Waals surface area (Å²) in [5.74, 6) is 5.07. The Morgan fingerprint density at radius 2 is 1.74 bits per heavy atom. The van der Waals surface area contributed by atoms with E-state index in [9.17, 15) is 14.7 Å². The summed E-state index contributed by atoms with van der Waals surface area (Å²) in [7, 11) is 1.37. The molecule has 0 fully saturated rings. The van der Waals surface area contributed by atoms with Gasteiger partial charge in [0.2, 0.25) is 0 Å². The number of ether oxygens (including phenoxy) is 1. The van der Waals surface area contributed by atoms with Gasteiger partial charge in [-0.05, 0) is 48.7 Å². The number of aliphatic carboxylic acids is 1. The quantitative estimate of drug-likeness (QED) is 0.623. The zero-order chi connectivity index (χ0) is 19.9. The molecule has 2 aromatic rings. The lowest BCUT2D eigenvalue weighted by atomic mass is 9.78. The number of carbonyl (C=O) groups is 2. The average Bonchev–Trinajstić information content (AvgIpc) is 2.67. The second-order valence-electron chi connectivity index (χ2n) is 6.67. The van der Waals surface area contributed by atoms with E-state index in [1.807, 2.05) is 55.5 Å². The van der Waals surface area contributed by atoms with Crippen molar-refractivity contribution in [3.8, 4) is 11.8 Å². The van der Waals surface area contributed by atoms with E-state index in [0.717, 1.165) is 28.7 Å². The van der Waals surface area contributed by atoms with Gasteiger partial charge in [-0.25, -0.2) is 0 Å². The van der Waals surface area contributed by atoms with E-state index < -0.39 is 11.4 Å². The lowest BCUT2D eigenvalue weighted by Gasteiger charge is -2.25. The van der Waals surface area contributed by atoms with Crippen LogP contribution in [0.1, 0.15) is 48.9 Å². The Morgan fingerprint density at radius 3 is 2.33 bits per heavy atom. The third kappa shape index (κ3) is 5.21. The lowest BCUT2D eigenvalue weighted by molar-refractivity contribution is -0.143. The van der Waals surface area contributed by atoms with Crippen LogP contribution < -0.4 is 0 Å². The normalized spacial score (nSPS) is 12.4. The Hall–Kier alpha value is -3.06. The van der Waals surface area contributed by atoms with Gasteiger partial charge in [0, 0.05) is 11.1 Å². The van der Waals surface area contributed by atoms with Crippen molar-refractivity contribution in [3.63, 3.8) is 0 Å². The van der Waals surface area contributed by atoms with Gasteiger partial charge in [0.15, 0.2) is 0 Å². The summed E-state index contributed by atoms with van der Waals surface area (Å²) >= 11 is 0. The molecule has 0 aliphatic carbocycles. The molecule has 0 radical (unpaired) electrons. The van der Waals surface area contributed by atoms with Crippen LogP contribution in [0.25, 0.3) is 0 Å². The second kappa shape index (κ2) is 9.05. The molecule has 2 aromatic carbocycles. The largest absolute Gasteiger partial charge is 0.481 e. The van der Waals surface area contributed by atoms with E-state index in [1.165, 1.54) is 7.11 Å². The Morgan fingerprint density at radius 1 is 1.07 bits per heavy atom. The zero-order valence-electron chi connectivity index (χ0n) is 15.9. The molecule has 0 aliphatic heterocycles. The summed E-state index contributed by atoms with van der Waals surface area (Å²) in [6.45, 7) is 3.74. The monoisotopic (exact) mass is 364 g/mol. The Kier molecular flexibility index (Phi) is 6.79. The van der Waals surface area contributed by atoms with Gasteiger partial charge in [0.05, 0.1) is 18.9 Å². The Labute approximate surface area is 160 Å². The van der Waals surface area contributed by atoms with Gasteiger partial charge >= 0.3 is 11.9 Å². The molecule has 0 saturated heterocycles. The van der Waals surface area contributed by atoms with Crippen LogP contribution in [0.15, 0.2) is 48.5 Å². The highest BCUT2D eigenvalue weighted by atomic mass is 16.5. The molecule has 0 heterocycles. The third-order valence-electron chi connectivity index (χ3n) is 4.60. The third-order valence-corrected chi connectivity index (χ3v) is 4.60.